The molecule has 0 saturated carbocycles. The van der Waals surface area contributed by atoms with Gasteiger partial charge in [-0.2, -0.15) is 0 Å². The molecule has 0 unspecified atom stereocenters. The summed E-state index contributed by atoms with van der Waals surface area (Å²) in [6.45, 7) is 0. The summed E-state index contributed by atoms with van der Waals surface area (Å²) in [4.78, 5) is 50.4. The molecule has 0 aliphatic heterocycles. The zero-order valence-electron chi connectivity index (χ0n) is 65.2. The predicted octanol–water partition coefficient (Wildman–Crippen LogP) is 27.3. The molecule has 0 spiro atoms. The quantitative estimate of drug-likeness (QED) is 0.0819. The summed E-state index contributed by atoms with van der Waals surface area (Å²) in [6, 6.07) is 154. The molecule has 10 heteroatoms. The van der Waals surface area contributed by atoms with Crippen LogP contribution in [0.15, 0.2) is 449 Å². The molecule has 0 atom stereocenters. The van der Waals surface area contributed by atoms with Crippen molar-refractivity contribution in [2.24, 2.45) is 0 Å². The molecular formula is C110H74N10. The van der Waals surface area contributed by atoms with Gasteiger partial charge in [0, 0.05) is 66.8 Å². The van der Waals surface area contributed by atoms with E-state index in [-0.39, 0.29) is 0 Å². The molecule has 4 aromatic heterocycles. The fourth-order valence-electron chi connectivity index (χ4n) is 15.0. The van der Waals surface area contributed by atoms with E-state index >= 15 is 0 Å². The summed E-state index contributed by atoms with van der Waals surface area (Å²) in [5, 5.41) is 0. The first kappa shape index (κ1) is 73.8. The fraction of sp³-hybridized carbons (Fsp3) is 0. The van der Waals surface area contributed by atoms with Crippen LogP contribution in [0.4, 0.5) is 0 Å². The lowest BCUT2D eigenvalue weighted by atomic mass is 9.94. The van der Waals surface area contributed by atoms with Crippen molar-refractivity contribution in [2.45, 2.75) is 0 Å². The Balaban J connectivity index is 0.000000159. The van der Waals surface area contributed by atoms with E-state index in [2.05, 4.69) is 273 Å². The largest absolute Gasteiger partial charge is 0.228 e. The molecule has 0 aliphatic carbocycles. The van der Waals surface area contributed by atoms with Crippen LogP contribution >= 0.6 is 0 Å². The van der Waals surface area contributed by atoms with Crippen LogP contribution in [0.25, 0.3) is 203 Å². The number of hydrogen-bond donors (Lipinski definition) is 0. The molecule has 10 nitrogen and oxygen atoms in total. The van der Waals surface area contributed by atoms with Crippen LogP contribution in [0.1, 0.15) is 0 Å². The zero-order chi connectivity index (χ0) is 80.2. The maximum Gasteiger partial charge on any atom is 0.164 e. The second-order valence-electron chi connectivity index (χ2n) is 29.0. The lowest BCUT2D eigenvalue weighted by Gasteiger charge is -2.14. The molecular weight excluding hydrogens is 1460 g/mol. The molecule has 0 saturated heterocycles. The summed E-state index contributed by atoms with van der Waals surface area (Å²) in [5.41, 5.74) is 28.4. The highest BCUT2D eigenvalue weighted by Gasteiger charge is 2.21. The van der Waals surface area contributed by atoms with Crippen molar-refractivity contribution in [3.8, 4) is 203 Å². The number of rotatable bonds is 18. The van der Waals surface area contributed by atoms with E-state index in [9.17, 15) is 0 Å². The van der Waals surface area contributed by atoms with E-state index in [1.807, 2.05) is 176 Å². The standard InChI is InChI=1S/2C55H37N5/c1-5-16-38(17-6-1)39-28-32-41(33-29-39)48-26-13-14-27-49(48)51-37-50(56-52(57-51)42-18-7-2-8-19-42)47-25-15-24-46(36-47)40-30-34-45(35-31-40)55-59-53(43-20-9-3-10-21-43)58-54(60-55)44-22-11-4-12-23-44;1-5-16-38(17-6-1)39-28-32-41(33-29-39)48-26-13-14-27-49(48)55-59-53(44-22-11-4-12-23-44)58-54(60-55)45-34-30-40(31-35-45)46-24-15-25-47(36-46)51-37-50(42-18-7-2-8-19-42)56-52(57-51)43-20-9-3-10-21-43/h2*1-37H. The van der Waals surface area contributed by atoms with E-state index in [4.69, 9.17) is 49.8 Å². The van der Waals surface area contributed by atoms with Crippen molar-refractivity contribution < 1.29 is 0 Å². The van der Waals surface area contributed by atoms with Gasteiger partial charge in [0.25, 0.3) is 0 Å². The molecule has 0 bridgehead atoms. The van der Waals surface area contributed by atoms with E-state index < -0.39 is 0 Å². The molecule has 0 N–H and O–H groups in total. The minimum Gasteiger partial charge on any atom is -0.228 e. The van der Waals surface area contributed by atoms with Crippen LogP contribution in [-0.2, 0) is 0 Å². The Morgan fingerprint density at radius 3 is 0.625 bits per heavy atom. The molecule has 0 fully saturated rings. The van der Waals surface area contributed by atoms with Crippen molar-refractivity contribution in [3.63, 3.8) is 0 Å². The van der Waals surface area contributed by atoms with Crippen LogP contribution in [0.2, 0.25) is 0 Å². The Morgan fingerprint density at radius 1 is 0.0917 bits per heavy atom. The predicted molar refractivity (Wildman–Crippen MR) is 489 cm³/mol. The topological polar surface area (TPSA) is 129 Å². The summed E-state index contributed by atoms with van der Waals surface area (Å²) < 4.78 is 0. The normalized spacial score (nSPS) is 11.0. The van der Waals surface area contributed by atoms with Gasteiger partial charge >= 0.3 is 0 Å². The number of hydrogen-bond acceptors (Lipinski definition) is 10. The smallest absolute Gasteiger partial charge is 0.164 e. The second kappa shape index (κ2) is 34.4. The number of benzene rings is 16. The highest BCUT2D eigenvalue weighted by Crippen LogP contribution is 2.40. The molecule has 564 valence electrons. The Kier molecular flexibility index (Phi) is 21.2. The minimum atomic E-state index is 0.608. The Hall–Kier alpha value is -16.3. The summed E-state index contributed by atoms with van der Waals surface area (Å²) in [7, 11) is 0. The Bertz CT molecular complexity index is 6820. The average molecular weight is 1540 g/mol. The third-order valence-corrected chi connectivity index (χ3v) is 21.2. The first-order valence-electron chi connectivity index (χ1n) is 40.0. The second-order valence-corrected chi connectivity index (χ2v) is 29.0. The van der Waals surface area contributed by atoms with Crippen molar-refractivity contribution in [3.05, 3.63) is 449 Å². The van der Waals surface area contributed by atoms with Gasteiger partial charge in [-0.05, 0) is 91.0 Å². The molecule has 20 aromatic rings. The average Bonchev–Trinajstić information content (AvgIpc) is 0.721. The Labute approximate surface area is 697 Å². The monoisotopic (exact) mass is 1530 g/mol. The third-order valence-electron chi connectivity index (χ3n) is 21.2. The van der Waals surface area contributed by atoms with Gasteiger partial charge in [0.05, 0.1) is 22.8 Å². The number of nitrogens with zero attached hydrogens (tertiary/aromatic N) is 10. The molecule has 16 aromatic carbocycles. The SMILES string of the molecule is c1ccc(-c2ccc(-c3ccccc3-c3cc(-c4cccc(-c5ccc(-c6nc(-c7ccccc7)nc(-c7ccccc7)n6)cc5)c4)nc(-c4ccccc4)n3)cc2)cc1.c1ccc(-c2ccc(-c3ccccc3-c3nc(-c4ccccc4)nc(-c4ccc(-c5cccc(-c6cc(-c7ccccc7)nc(-c7ccccc7)n6)c5)cc4)n3)cc2)cc1. The lowest BCUT2D eigenvalue weighted by molar-refractivity contribution is 1.07. The summed E-state index contributed by atoms with van der Waals surface area (Å²) in [5.74, 6) is 5.11. The van der Waals surface area contributed by atoms with Crippen LogP contribution in [0.5, 0.6) is 0 Å². The van der Waals surface area contributed by atoms with E-state index in [0.717, 1.165) is 134 Å². The number of aromatic nitrogens is 10. The van der Waals surface area contributed by atoms with Gasteiger partial charge in [-0.25, -0.2) is 49.8 Å². The van der Waals surface area contributed by atoms with E-state index in [1.54, 1.807) is 0 Å². The van der Waals surface area contributed by atoms with Gasteiger partial charge in [-0.1, -0.05) is 425 Å². The first-order chi connectivity index (χ1) is 59.4. The highest BCUT2D eigenvalue weighted by atomic mass is 15.0. The zero-order valence-corrected chi connectivity index (χ0v) is 65.2. The summed E-state index contributed by atoms with van der Waals surface area (Å²) in [6.07, 6.45) is 0. The van der Waals surface area contributed by atoms with Crippen LogP contribution in [0, 0.1) is 0 Å². The lowest BCUT2D eigenvalue weighted by Crippen LogP contribution is -2.01. The van der Waals surface area contributed by atoms with Gasteiger partial charge in [0.15, 0.2) is 46.6 Å². The van der Waals surface area contributed by atoms with Crippen LogP contribution in [0.3, 0.4) is 0 Å². The molecule has 0 aliphatic rings. The minimum absolute atomic E-state index is 0.608. The Morgan fingerprint density at radius 2 is 0.283 bits per heavy atom. The van der Waals surface area contributed by atoms with Crippen molar-refractivity contribution in [2.75, 3.05) is 0 Å². The van der Waals surface area contributed by atoms with Crippen LogP contribution in [-0.4, -0.2) is 49.8 Å². The van der Waals surface area contributed by atoms with Crippen LogP contribution < -0.4 is 0 Å². The third kappa shape index (κ3) is 16.5. The van der Waals surface area contributed by atoms with Gasteiger partial charge in [-0.3, -0.25) is 0 Å². The van der Waals surface area contributed by atoms with Crippen molar-refractivity contribution in [1.29, 1.82) is 0 Å². The fourth-order valence-corrected chi connectivity index (χ4v) is 15.0. The van der Waals surface area contributed by atoms with Gasteiger partial charge in [0.2, 0.25) is 0 Å². The van der Waals surface area contributed by atoms with Gasteiger partial charge < -0.3 is 0 Å². The maximum atomic E-state index is 5.19. The molecule has 0 amide bonds. The molecule has 20 rings (SSSR count). The van der Waals surface area contributed by atoms with Crippen molar-refractivity contribution in [1.82, 2.24) is 49.8 Å². The van der Waals surface area contributed by atoms with Gasteiger partial charge in [0.1, 0.15) is 0 Å². The van der Waals surface area contributed by atoms with E-state index in [1.165, 1.54) is 22.3 Å². The van der Waals surface area contributed by atoms with E-state index in [0.29, 0.717) is 46.6 Å². The summed E-state index contributed by atoms with van der Waals surface area (Å²) >= 11 is 0. The molecule has 4 heterocycles. The first-order valence-corrected chi connectivity index (χ1v) is 40.0. The van der Waals surface area contributed by atoms with Gasteiger partial charge in [-0.15, -0.1) is 0 Å². The molecule has 120 heavy (non-hydrogen) atoms. The highest BCUT2D eigenvalue weighted by molar-refractivity contribution is 5.88. The van der Waals surface area contributed by atoms with Crippen molar-refractivity contribution >= 4 is 0 Å². The molecule has 0 radical (unpaired) electrons. The maximum absolute atomic E-state index is 5.19.